The van der Waals surface area contributed by atoms with E-state index in [-0.39, 0.29) is 5.63 Å². The highest BCUT2D eigenvalue weighted by Crippen LogP contribution is 2.22. The molecule has 0 bridgehead atoms. The lowest BCUT2D eigenvalue weighted by atomic mass is 10.1. The molecule has 0 spiro atoms. The van der Waals surface area contributed by atoms with Crippen LogP contribution in [-0.2, 0) is 0 Å². The fourth-order valence-corrected chi connectivity index (χ4v) is 3.01. The molecule has 2 rings (SSSR count). The highest BCUT2D eigenvalue weighted by molar-refractivity contribution is 5.81. The van der Waals surface area contributed by atoms with Crippen LogP contribution in [0.5, 0.6) is 5.75 Å². The minimum atomic E-state index is -0.331. The molecular weight excluding hydrogens is 348 g/mol. The Morgan fingerprint density at radius 2 is 1.64 bits per heavy atom. The van der Waals surface area contributed by atoms with Crippen molar-refractivity contribution < 1.29 is 9.15 Å². The molecule has 0 aliphatic carbocycles. The van der Waals surface area contributed by atoms with E-state index in [1.54, 1.807) is 6.07 Å². The summed E-state index contributed by atoms with van der Waals surface area (Å²) in [6.07, 6.45) is 11.1. The average Bonchev–Trinajstić information content (AvgIpc) is 2.61. The smallest absolute Gasteiger partial charge is 0.336 e. The van der Waals surface area contributed by atoms with Crippen molar-refractivity contribution in [1.29, 1.82) is 0 Å². The molecule has 28 heavy (non-hydrogen) atoms. The lowest BCUT2D eigenvalue weighted by molar-refractivity contribution is 0.361. The molecule has 0 N–H and O–H groups in total. The molecule has 2 aromatic rings. The van der Waals surface area contributed by atoms with E-state index >= 15 is 0 Å². The summed E-state index contributed by atoms with van der Waals surface area (Å²) in [7, 11) is 0. The fourth-order valence-electron chi connectivity index (χ4n) is 3.01. The van der Waals surface area contributed by atoms with Gasteiger partial charge in [0.2, 0.25) is 0 Å². The van der Waals surface area contributed by atoms with Crippen molar-refractivity contribution in [3.05, 3.63) is 75.2 Å². The lowest BCUT2D eigenvalue weighted by Gasteiger charge is -2.06. The van der Waals surface area contributed by atoms with Gasteiger partial charge >= 0.3 is 5.63 Å². The van der Waals surface area contributed by atoms with Gasteiger partial charge in [0.1, 0.15) is 17.9 Å². The normalized spacial score (nSPS) is 12.3. The van der Waals surface area contributed by atoms with E-state index in [2.05, 4.69) is 45.9 Å². The van der Waals surface area contributed by atoms with Crippen molar-refractivity contribution >= 4 is 11.0 Å². The minimum absolute atomic E-state index is 0.331. The largest absolute Gasteiger partial charge is 0.489 e. The van der Waals surface area contributed by atoms with E-state index in [0.717, 1.165) is 36.6 Å². The highest BCUT2D eigenvalue weighted by atomic mass is 16.5. The Kier molecular flexibility index (Phi) is 8.31. The van der Waals surface area contributed by atoms with E-state index in [4.69, 9.17) is 9.15 Å². The summed E-state index contributed by atoms with van der Waals surface area (Å²) in [4.78, 5) is 11.5. The number of ether oxygens (including phenoxy) is 1. The van der Waals surface area contributed by atoms with Crippen LogP contribution < -0.4 is 10.4 Å². The number of hydrogen-bond acceptors (Lipinski definition) is 3. The molecule has 0 aliphatic rings. The molecule has 0 unspecified atom stereocenters. The first-order valence-electron chi connectivity index (χ1n) is 9.97. The van der Waals surface area contributed by atoms with Crippen LogP contribution >= 0.6 is 0 Å². The molecule has 3 nitrogen and oxygen atoms in total. The van der Waals surface area contributed by atoms with Crippen LogP contribution in [0.1, 0.15) is 58.9 Å². The summed E-state index contributed by atoms with van der Waals surface area (Å²) in [5, 5.41) is 0.936. The standard InChI is InChI=1S/C25H32O3/c1-18(2)8-6-9-19(3)10-7-11-20(4)14-15-27-22-12-13-23-21(5)16-25(26)28-24(23)17-22/h8,10,12-14,16-17H,6-7,9,11,15H2,1-5H3/b19-10+,20-14+. The summed E-state index contributed by atoms with van der Waals surface area (Å²) in [5.41, 5.74) is 5.30. The van der Waals surface area contributed by atoms with Gasteiger partial charge in [-0.15, -0.1) is 0 Å². The summed E-state index contributed by atoms with van der Waals surface area (Å²) in [6, 6.07) is 7.14. The van der Waals surface area contributed by atoms with Crippen molar-refractivity contribution in [3.63, 3.8) is 0 Å². The molecule has 1 aromatic carbocycles. The highest BCUT2D eigenvalue weighted by Gasteiger charge is 2.03. The van der Waals surface area contributed by atoms with Crippen LogP contribution in [0.4, 0.5) is 0 Å². The molecule has 0 saturated heterocycles. The van der Waals surface area contributed by atoms with Crippen molar-refractivity contribution in [3.8, 4) is 5.75 Å². The zero-order chi connectivity index (χ0) is 20.5. The second-order valence-corrected chi connectivity index (χ2v) is 7.68. The molecule has 150 valence electrons. The Morgan fingerprint density at radius 3 is 2.36 bits per heavy atom. The Hall–Kier alpha value is -2.55. The molecule has 1 aromatic heterocycles. The van der Waals surface area contributed by atoms with Crippen LogP contribution in [0, 0.1) is 6.92 Å². The maximum absolute atomic E-state index is 11.5. The molecule has 0 radical (unpaired) electrons. The Labute approximate surface area is 168 Å². The topological polar surface area (TPSA) is 39.4 Å². The monoisotopic (exact) mass is 380 g/mol. The number of benzene rings is 1. The van der Waals surface area contributed by atoms with Gasteiger partial charge in [0, 0.05) is 17.5 Å². The van der Waals surface area contributed by atoms with Crippen LogP contribution in [0.2, 0.25) is 0 Å². The lowest BCUT2D eigenvalue weighted by Crippen LogP contribution is -1.99. The SMILES string of the molecule is CC(C)=CCC/C(C)=C/CC/C(C)=C/COc1ccc2c(C)cc(=O)oc2c1. The molecule has 0 amide bonds. The van der Waals surface area contributed by atoms with Gasteiger partial charge in [-0.3, -0.25) is 0 Å². The third kappa shape index (κ3) is 7.22. The number of fused-ring (bicyclic) bond motifs is 1. The van der Waals surface area contributed by atoms with Gasteiger partial charge < -0.3 is 9.15 Å². The molecule has 3 heteroatoms. The second kappa shape index (κ2) is 10.7. The minimum Gasteiger partial charge on any atom is -0.489 e. The number of rotatable bonds is 9. The molecule has 0 fully saturated rings. The third-order valence-electron chi connectivity index (χ3n) is 4.73. The van der Waals surface area contributed by atoms with Crippen LogP contribution in [0.25, 0.3) is 11.0 Å². The number of aryl methyl sites for hydroxylation is 1. The van der Waals surface area contributed by atoms with Crippen molar-refractivity contribution in [1.82, 2.24) is 0 Å². The van der Waals surface area contributed by atoms with Crippen LogP contribution in [0.15, 0.2) is 68.4 Å². The predicted molar refractivity (Wildman–Crippen MR) is 118 cm³/mol. The average molecular weight is 381 g/mol. The fraction of sp³-hybridized carbons (Fsp3) is 0.400. The molecule has 1 heterocycles. The Morgan fingerprint density at radius 1 is 0.964 bits per heavy atom. The van der Waals surface area contributed by atoms with Crippen LogP contribution in [-0.4, -0.2) is 6.61 Å². The van der Waals surface area contributed by atoms with E-state index < -0.39 is 0 Å². The van der Waals surface area contributed by atoms with Gasteiger partial charge in [-0.1, -0.05) is 28.9 Å². The van der Waals surface area contributed by atoms with Crippen molar-refractivity contribution in [2.75, 3.05) is 6.61 Å². The predicted octanol–water partition coefficient (Wildman–Crippen LogP) is 6.90. The number of allylic oxidation sites excluding steroid dienone is 5. The van der Waals surface area contributed by atoms with Gasteiger partial charge in [-0.25, -0.2) is 4.79 Å². The van der Waals surface area contributed by atoms with E-state index in [0.29, 0.717) is 17.9 Å². The Bertz CT molecular complexity index is 938. The van der Waals surface area contributed by atoms with Gasteiger partial charge in [-0.05, 0) is 84.1 Å². The zero-order valence-corrected chi connectivity index (χ0v) is 17.8. The van der Waals surface area contributed by atoms with E-state index in [1.165, 1.54) is 22.8 Å². The van der Waals surface area contributed by atoms with Gasteiger partial charge in [-0.2, -0.15) is 0 Å². The summed E-state index contributed by atoms with van der Waals surface area (Å²) < 4.78 is 11.1. The van der Waals surface area contributed by atoms with E-state index in [9.17, 15) is 4.79 Å². The first-order chi connectivity index (χ1) is 13.3. The maximum atomic E-state index is 11.5. The second-order valence-electron chi connectivity index (χ2n) is 7.68. The molecule has 0 atom stereocenters. The third-order valence-corrected chi connectivity index (χ3v) is 4.73. The van der Waals surface area contributed by atoms with Crippen LogP contribution in [0.3, 0.4) is 0 Å². The molecule has 0 saturated carbocycles. The van der Waals surface area contributed by atoms with E-state index in [1.807, 2.05) is 19.1 Å². The summed E-state index contributed by atoms with van der Waals surface area (Å²) in [6.45, 7) is 11.0. The quantitative estimate of drug-likeness (QED) is 0.351. The zero-order valence-electron chi connectivity index (χ0n) is 17.8. The number of hydrogen-bond donors (Lipinski definition) is 0. The first-order valence-corrected chi connectivity index (χ1v) is 9.97. The van der Waals surface area contributed by atoms with Gasteiger partial charge in [0.15, 0.2) is 0 Å². The summed E-state index contributed by atoms with van der Waals surface area (Å²) in [5.74, 6) is 0.709. The van der Waals surface area contributed by atoms with Gasteiger partial charge in [0.05, 0.1) is 0 Å². The van der Waals surface area contributed by atoms with Crippen molar-refractivity contribution in [2.24, 2.45) is 0 Å². The molecule has 0 aliphatic heterocycles. The first kappa shape index (κ1) is 21.7. The van der Waals surface area contributed by atoms with Crippen molar-refractivity contribution in [2.45, 2.75) is 60.3 Å². The molecular formula is C25H32O3. The Balaban J connectivity index is 1.83. The summed E-state index contributed by atoms with van der Waals surface area (Å²) >= 11 is 0. The maximum Gasteiger partial charge on any atom is 0.336 e. The van der Waals surface area contributed by atoms with Gasteiger partial charge in [0.25, 0.3) is 0 Å².